The Hall–Kier alpha value is -1.99. The molecular weight excluding hydrogens is 316 g/mol. The van der Waals surface area contributed by atoms with Crippen LogP contribution in [-0.2, 0) is 6.54 Å². The summed E-state index contributed by atoms with van der Waals surface area (Å²) >= 11 is 0. The maximum atomic E-state index is 12.9. The van der Waals surface area contributed by atoms with Gasteiger partial charge in [-0.3, -0.25) is 9.69 Å². The predicted octanol–water partition coefficient (Wildman–Crippen LogP) is 1.15. The van der Waals surface area contributed by atoms with Gasteiger partial charge in [-0.15, -0.1) is 0 Å². The van der Waals surface area contributed by atoms with Gasteiger partial charge in [0.25, 0.3) is 5.91 Å². The molecule has 0 unspecified atom stereocenters. The van der Waals surface area contributed by atoms with E-state index in [1.165, 1.54) is 0 Å². The van der Waals surface area contributed by atoms with E-state index in [4.69, 9.17) is 0 Å². The lowest BCUT2D eigenvalue weighted by atomic mass is 10.2. The summed E-state index contributed by atoms with van der Waals surface area (Å²) < 4.78 is 1.74. The highest BCUT2D eigenvalue weighted by atomic mass is 16.2. The minimum absolute atomic E-state index is 0.0531. The number of rotatable bonds is 5. The van der Waals surface area contributed by atoms with Crippen molar-refractivity contribution >= 4 is 11.6 Å². The molecule has 7 heteroatoms. The second-order valence-electron chi connectivity index (χ2n) is 7.10. The lowest BCUT2D eigenvalue weighted by Crippen LogP contribution is -2.53. The molecule has 2 aliphatic heterocycles. The van der Waals surface area contributed by atoms with Gasteiger partial charge in [0.1, 0.15) is 5.56 Å². The van der Waals surface area contributed by atoms with Crippen molar-refractivity contribution in [2.24, 2.45) is 0 Å². The Labute approximate surface area is 148 Å². The zero-order valence-electron chi connectivity index (χ0n) is 15.0. The van der Waals surface area contributed by atoms with E-state index in [0.717, 1.165) is 51.1 Å². The largest absolute Gasteiger partial charge is 0.335 e. The number of fused-ring (bicyclic) bond motifs is 3. The highest BCUT2D eigenvalue weighted by Crippen LogP contribution is 2.22. The summed E-state index contributed by atoms with van der Waals surface area (Å²) in [5.74, 6) is 0.0531. The maximum absolute atomic E-state index is 12.9. The van der Waals surface area contributed by atoms with Crippen molar-refractivity contribution in [3.8, 4) is 0 Å². The highest BCUT2D eigenvalue weighted by molar-refractivity contribution is 5.99. The maximum Gasteiger partial charge on any atom is 0.259 e. The standard InChI is InChI=1S/C18H26N6O/c1-3-22(4-2)9-13-7-19-17-16(8-20-24(17)10-13)18(25)23-11-14-5-6-15(12-23)21-14/h7-8,10,14-15,21H,3-6,9,11-12H2,1-2H3/t14-,15+. The average Bonchev–Trinajstić information content (AvgIpc) is 3.21. The van der Waals surface area contributed by atoms with Crippen LogP contribution in [0.15, 0.2) is 18.6 Å². The summed E-state index contributed by atoms with van der Waals surface area (Å²) in [6.07, 6.45) is 7.84. The van der Waals surface area contributed by atoms with Crippen LogP contribution >= 0.6 is 0 Å². The topological polar surface area (TPSA) is 65.8 Å². The van der Waals surface area contributed by atoms with Crippen LogP contribution in [0, 0.1) is 0 Å². The summed E-state index contributed by atoms with van der Waals surface area (Å²) in [4.78, 5) is 21.8. The zero-order chi connectivity index (χ0) is 17.4. The molecule has 7 nitrogen and oxygen atoms in total. The van der Waals surface area contributed by atoms with Crippen LogP contribution in [0.25, 0.3) is 5.65 Å². The van der Waals surface area contributed by atoms with E-state index in [2.05, 4.69) is 34.1 Å². The number of hydrogen-bond donors (Lipinski definition) is 1. The van der Waals surface area contributed by atoms with Crippen molar-refractivity contribution in [2.45, 2.75) is 45.3 Å². The van der Waals surface area contributed by atoms with E-state index in [0.29, 0.717) is 23.3 Å². The molecule has 4 heterocycles. The Balaban J connectivity index is 1.55. The molecule has 0 aliphatic carbocycles. The molecule has 0 aromatic carbocycles. The Kier molecular flexibility index (Phi) is 4.43. The Morgan fingerprint density at radius 1 is 1.24 bits per heavy atom. The highest BCUT2D eigenvalue weighted by Gasteiger charge is 2.35. The first-order valence-corrected chi connectivity index (χ1v) is 9.27. The van der Waals surface area contributed by atoms with Crippen LogP contribution in [0.2, 0.25) is 0 Å². The molecule has 4 rings (SSSR count). The Morgan fingerprint density at radius 2 is 1.96 bits per heavy atom. The number of amides is 1. The fraction of sp³-hybridized carbons (Fsp3) is 0.611. The van der Waals surface area contributed by atoms with Crippen LogP contribution in [0.3, 0.4) is 0 Å². The van der Waals surface area contributed by atoms with Gasteiger partial charge >= 0.3 is 0 Å². The fourth-order valence-corrected chi connectivity index (χ4v) is 3.98. The van der Waals surface area contributed by atoms with Crippen molar-refractivity contribution < 1.29 is 4.79 Å². The molecule has 0 saturated carbocycles. The normalized spacial score (nSPS) is 22.9. The monoisotopic (exact) mass is 342 g/mol. The minimum Gasteiger partial charge on any atom is -0.335 e. The zero-order valence-corrected chi connectivity index (χ0v) is 15.0. The summed E-state index contributed by atoms with van der Waals surface area (Å²) in [6, 6.07) is 0.886. The van der Waals surface area contributed by atoms with Gasteiger partial charge in [-0.05, 0) is 25.9 Å². The van der Waals surface area contributed by atoms with Crippen molar-refractivity contribution in [1.82, 2.24) is 29.7 Å². The molecule has 2 aliphatic rings. The van der Waals surface area contributed by atoms with Gasteiger partial charge in [-0.1, -0.05) is 13.8 Å². The van der Waals surface area contributed by atoms with E-state index >= 15 is 0 Å². The van der Waals surface area contributed by atoms with Crippen LogP contribution in [0.4, 0.5) is 0 Å². The van der Waals surface area contributed by atoms with Gasteiger partial charge in [0.05, 0.1) is 6.20 Å². The predicted molar refractivity (Wildman–Crippen MR) is 95.5 cm³/mol. The van der Waals surface area contributed by atoms with E-state index in [9.17, 15) is 4.79 Å². The summed E-state index contributed by atoms with van der Waals surface area (Å²) in [5, 5.41) is 7.94. The number of hydrogen-bond acceptors (Lipinski definition) is 5. The SMILES string of the molecule is CCN(CC)Cc1cnc2c(C(=O)N3C[C@H]4CC[C@@H](C3)N4)cnn2c1. The van der Waals surface area contributed by atoms with Gasteiger partial charge in [0.2, 0.25) is 0 Å². The van der Waals surface area contributed by atoms with Gasteiger partial charge in [0, 0.05) is 49.7 Å². The lowest BCUT2D eigenvalue weighted by Gasteiger charge is -2.32. The Morgan fingerprint density at radius 3 is 2.64 bits per heavy atom. The van der Waals surface area contributed by atoms with E-state index in [1.807, 2.05) is 17.3 Å². The van der Waals surface area contributed by atoms with E-state index in [1.54, 1.807) is 10.7 Å². The van der Waals surface area contributed by atoms with Gasteiger partial charge < -0.3 is 10.2 Å². The van der Waals surface area contributed by atoms with Gasteiger partial charge in [-0.2, -0.15) is 5.10 Å². The molecule has 2 bridgehead atoms. The second kappa shape index (κ2) is 6.72. The third kappa shape index (κ3) is 3.14. The number of carbonyl (C=O) groups is 1. The number of aromatic nitrogens is 3. The molecule has 2 aromatic heterocycles. The van der Waals surface area contributed by atoms with Crippen molar-refractivity contribution in [3.63, 3.8) is 0 Å². The van der Waals surface area contributed by atoms with Crippen molar-refractivity contribution in [3.05, 3.63) is 29.7 Å². The molecule has 25 heavy (non-hydrogen) atoms. The number of nitrogens with zero attached hydrogens (tertiary/aromatic N) is 5. The summed E-state index contributed by atoms with van der Waals surface area (Å²) in [6.45, 7) is 8.73. The smallest absolute Gasteiger partial charge is 0.259 e. The summed E-state index contributed by atoms with van der Waals surface area (Å²) in [5.41, 5.74) is 2.37. The van der Waals surface area contributed by atoms with E-state index < -0.39 is 0 Å². The van der Waals surface area contributed by atoms with Gasteiger partial charge in [0.15, 0.2) is 5.65 Å². The molecule has 1 N–H and O–H groups in total. The molecule has 2 atom stereocenters. The number of nitrogens with one attached hydrogen (secondary N) is 1. The Bertz CT molecular complexity index is 756. The molecule has 1 amide bonds. The van der Waals surface area contributed by atoms with Crippen LogP contribution < -0.4 is 5.32 Å². The number of carbonyl (C=O) groups excluding carboxylic acids is 1. The molecule has 2 saturated heterocycles. The third-order valence-corrected chi connectivity index (χ3v) is 5.44. The van der Waals surface area contributed by atoms with Crippen LogP contribution in [-0.4, -0.2) is 68.6 Å². The quantitative estimate of drug-likeness (QED) is 0.883. The molecule has 134 valence electrons. The molecule has 2 aromatic rings. The molecule has 0 radical (unpaired) electrons. The first-order chi connectivity index (χ1) is 12.2. The summed E-state index contributed by atoms with van der Waals surface area (Å²) in [7, 11) is 0. The van der Waals surface area contributed by atoms with Gasteiger partial charge in [-0.25, -0.2) is 9.50 Å². The lowest BCUT2D eigenvalue weighted by molar-refractivity contribution is 0.0699. The van der Waals surface area contributed by atoms with Crippen molar-refractivity contribution in [2.75, 3.05) is 26.2 Å². The van der Waals surface area contributed by atoms with Crippen LogP contribution in [0.5, 0.6) is 0 Å². The first-order valence-electron chi connectivity index (χ1n) is 9.27. The second-order valence-corrected chi connectivity index (χ2v) is 7.10. The van der Waals surface area contributed by atoms with Crippen molar-refractivity contribution in [1.29, 1.82) is 0 Å². The molecule has 2 fully saturated rings. The third-order valence-electron chi connectivity index (χ3n) is 5.44. The average molecular weight is 342 g/mol. The van der Waals surface area contributed by atoms with Crippen LogP contribution in [0.1, 0.15) is 42.6 Å². The molecule has 0 spiro atoms. The van der Waals surface area contributed by atoms with E-state index in [-0.39, 0.29) is 5.91 Å². The fourth-order valence-electron chi connectivity index (χ4n) is 3.98. The molecular formula is C18H26N6O. The first kappa shape index (κ1) is 16.5. The number of likely N-dealkylation sites (tertiary alicyclic amines) is 1. The number of piperazine rings is 1. The minimum atomic E-state index is 0.0531.